The Labute approximate surface area is 181 Å². The van der Waals surface area contributed by atoms with Gasteiger partial charge in [0.05, 0.1) is 13.0 Å². The van der Waals surface area contributed by atoms with Crippen molar-refractivity contribution in [3.05, 3.63) is 84.2 Å². The molecular weight excluding hydrogens is 390 g/mol. The van der Waals surface area contributed by atoms with Gasteiger partial charge in [0.2, 0.25) is 5.91 Å². The van der Waals surface area contributed by atoms with Crippen LogP contribution in [0.1, 0.15) is 15.9 Å². The summed E-state index contributed by atoms with van der Waals surface area (Å²) in [5.74, 6) is 0.334. The number of nitrogens with one attached hydrogen (secondary N) is 1. The van der Waals surface area contributed by atoms with Crippen LogP contribution >= 0.6 is 0 Å². The number of methoxy groups -OCH3 is 1. The number of benzene rings is 2. The van der Waals surface area contributed by atoms with E-state index in [4.69, 9.17) is 4.74 Å². The first-order valence-corrected chi connectivity index (χ1v) is 10.4. The number of amides is 2. The lowest BCUT2D eigenvalue weighted by molar-refractivity contribution is -0.124. The predicted molar refractivity (Wildman–Crippen MR) is 119 cm³/mol. The molecular formula is C25H25N3O3. The lowest BCUT2D eigenvalue weighted by Crippen LogP contribution is -2.37. The van der Waals surface area contributed by atoms with Crippen molar-refractivity contribution in [1.29, 1.82) is 0 Å². The van der Waals surface area contributed by atoms with Crippen LogP contribution in [0.5, 0.6) is 5.75 Å². The number of aromatic nitrogens is 1. The van der Waals surface area contributed by atoms with E-state index in [9.17, 15) is 9.59 Å². The first kappa shape index (κ1) is 20.6. The summed E-state index contributed by atoms with van der Waals surface area (Å²) in [6.45, 7) is 1.30. The molecule has 1 atom stereocenters. The molecule has 6 heteroatoms. The van der Waals surface area contributed by atoms with Crippen LogP contribution in [0.2, 0.25) is 0 Å². The number of hydrogen-bond donors (Lipinski definition) is 1. The molecule has 2 amide bonds. The van der Waals surface area contributed by atoms with Crippen LogP contribution in [-0.2, 0) is 11.2 Å². The molecule has 1 unspecified atom stereocenters. The van der Waals surface area contributed by atoms with Crippen molar-refractivity contribution in [2.45, 2.75) is 6.42 Å². The van der Waals surface area contributed by atoms with Gasteiger partial charge in [0, 0.05) is 43.2 Å². The molecule has 158 valence electrons. The average Bonchev–Trinajstić information content (AvgIpc) is 3.01. The highest BCUT2D eigenvalue weighted by Gasteiger charge is 2.29. The molecule has 2 aromatic carbocycles. The molecule has 3 aromatic rings. The highest BCUT2D eigenvalue weighted by molar-refractivity contribution is 5.94. The van der Waals surface area contributed by atoms with Gasteiger partial charge in [-0.2, -0.15) is 0 Å². The molecule has 0 radical (unpaired) electrons. The zero-order valence-electron chi connectivity index (χ0n) is 17.5. The zero-order valence-corrected chi connectivity index (χ0v) is 17.5. The van der Waals surface area contributed by atoms with Gasteiger partial charge in [0.1, 0.15) is 5.75 Å². The lowest BCUT2D eigenvalue weighted by Gasteiger charge is -2.24. The molecule has 4 rings (SSSR count). The fourth-order valence-corrected chi connectivity index (χ4v) is 4.01. The Morgan fingerprint density at radius 1 is 1.06 bits per heavy atom. The van der Waals surface area contributed by atoms with E-state index in [1.54, 1.807) is 36.5 Å². The molecule has 0 bridgehead atoms. The van der Waals surface area contributed by atoms with E-state index in [0.717, 1.165) is 22.4 Å². The summed E-state index contributed by atoms with van der Waals surface area (Å²) in [7, 11) is 1.66. The lowest BCUT2D eigenvalue weighted by atomic mass is 9.91. The second-order valence-corrected chi connectivity index (χ2v) is 7.54. The number of carbonyl (C=O) groups is 2. The van der Waals surface area contributed by atoms with Crippen LogP contribution < -0.4 is 10.1 Å². The Morgan fingerprint density at radius 3 is 2.55 bits per heavy atom. The van der Waals surface area contributed by atoms with Crippen molar-refractivity contribution >= 4 is 11.8 Å². The molecule has 1 aliphatic rings. The topological polar surface area (TPSA) is 71.5 Å². The van der Waals surface area contributed by atoms with Gasteiger partial charge >= 0.3 is 0 Å². The van der Waals surface area contributed by atoms with E-state index in [0.29, 0.717) is 31.6 Å². The number of carbonyl (C=O) groups excluding carboxylic acids is 2. The summed E-state index contributed by atoms with van der Waals surface area (Å²) >= 11 is 0. The minimum Gasteiger partial charge on any atom is -0.496 e. The first-order valence-electron chi connectivity index (χ1n) is 10.4. The largest absolute Gasteiger partial charge is 0.496 e. The van der Waals surface area contributed by atoms with Gasteiger partial charge in [0.25, 0.3) is 5.91 Å². The number of pyridine rings is 1. The maximum Gasteiger partial charge on any atom is 0.254 e. The normalized spacial score (nSPS) is 16.4. The zero-order chi connectivity index (χ0) is 21.6. The van der Waals surface area contributed by atoms with E-state index in [-0.39, 0.29) is 17.7 Å². The molecule has 1 fully saturated rings. The van der Waals surface area contributed by atoms with Gasteiger partial charge in [-0.3, -0.25) is 14.6 Å². The SMILES string of the molecule is COc1ccccc1-c1ccccc1CC1CN(C(=O)c2ccncc2)CCNC1=O. The summed E-state index contributed by atoms with van der Waals surface area (Å²) < 4.78 is 5.55. The second kappa shape index (κ2) is 9.43. The predicted octanol–water partition coefficient (Wildman–Crippen LogP) is 3.19. The summed E-state index contributed by atoms with van der Waals surface area (Å²) in [4.78, 5) is 31.5. The fraction of sp³-hybridized carbons (Fsp3) is 0.240. The molecule has 1 aliphatic heterocycles. The van der Waals surface area contributed by atoms with Crippen molar-refractivity contribution in [3.63, 3.8) is 0 Å². The minimum absolute atomic E-state index is 0.0279. The second-order valence-electron chi connectivity index (χ2n) is 7.54. The van der Waals surface area contributed by atoms with Crippen LogP contribution in [0.3, 0.4) is 0 Å². The van der Waals surface area contributed by atoms with Gasteiger partial charge in [-0.15, -0.1) is 0 Å². The minimum atomic E-state index is -0.343. The number of hydrogen-bond acceptors (Lipinski definition) is 4. The third-order valence-corrected chi connectivity index (χ3v) is 5.59. The van der Waals surface area contributed by atoms with Gasteiger partial charge in [-0.05, 0) is 35.7 Å². The molecule has 2 heterocycles. The highest BCUT2D eigenvalue weighted by atomic mass is 16.5. The van der Waals surface area contributed by atoms with Gasteiger partial charge in [-0.25, -0.2) is 0 Å². The maximum absolute atomic E-state index is 13.0. The maximum atomic E-state index is 13.0. The summed E-state index contributed by atoms with van der Waals surface area (Å²) in [6.07, 6.45) is 3.74. The molecule has 0 aliphatic carbocycles. The van der Waals surface area contributed by atoms with E-state index < -0.39 is 0 Å². The van der Waals surface area contributed by atoms with Crippen LogP contribution in [0, 0.1) is 5.92 Å². The number of ether oxygens (including phenoxy) is 1. The Balaban J connectivity index is 1.61. The third-order valence-electron chi connectivity index (χ3n) is 5.59. The van der Waals surface area contributed by atoms with Gasteiger partial charge < -0.3 is 15.0 Å². The Bertz CT molecular complexity index is 1070. The smallest absolute Gasteiger partial charge is 0.254 e. The number of para-hydroxylation sites is 1. The molecule has 0 saturated carbocycles. The van der Waals surface area contributed by atoms with Crippen LogP contribution in [0.25, 0.3) is 11.1 Å². The first-order chi connectivity index (χ1) is 15.2. The Kier molecular flexibility index (Phi) is 6.26. The van der Waals surface area contributed by atoms with Crippen molar-refractivity contribution in [2.75, 3.05) is 26.7 Å². The summed E-state index contributed by atoms with van der Waals surface area (Å²) in [5, 5.41) is 2.96. The average molecular weight is 415 g/mol. The number of nitrogens with zero attached hydrogens (tertiary/aromatic N) is 2. The highest BCUT2D eigenvalue weighted by Crippen LogP contribution is 2.33. The van der Waals surface area contributed by atoms with E-state index in [1.165, 1.54) is 0 Å². The van der Waals surface area contributed by atoms with Gasteiger partial charge in [-0.1, -0.05) is 42.5 Å². The Hall–Kier alpha value is -3.67. The van der Waals surface area contributed by atoms with Crippen LogP contribution in [0.15, 0.2) is 73.1 Å². The van der Waals surface area contributed by atoms with Crippen molar-refractivity contribution in [2.24, 2.45) is 5.92 Å². The standard InChI is InChI=1S/C25H25N3O3/c1-31-23-9-5-4-8-22(23)21-7-3-2-6-19(21)16-20-17-28(15-14-27-24(20)29)25(30)18-10-12-26-13-11-18/h2-13,20H,14-17H2,1H3,(H,27,29). The molecule has 0 spiro atoms. The molecule has 6 nitrogen and oxygen atoms in total. The molecule has 31 heavy (non-hydrogen) atoms. The molecule has 1 saturated heterocycles. The van der Waals surface area contributed by atoms with E-state index in [2.05, 4.69) is 10.3 Å². The van der Waals surface area contributed by atoms with Crippen LogP contribution in [0.4, 0.5) is 0 Å². The third kappa shape index (κ3) is 4.58. The monoisotopic (exact) mass is 415 g/mol. The molecule has 1 aromatic heterocycles. The van der Waals surface area contributed by atoms with Crippen LogP contribution in [-0.4, -0.2) is 48.4 Å². The van der Waals surface area contributed by atoms with Crippen molar-refractivity contribution < 1.29 is 14.3 Å². The van der Waals surface area contributed by atoms with Gasteiger partial charge in [0.15, 0.2) is 0 Å². The summed E-state index contributed by atoms with van der Waals surface area (Å²) in [5.41, 5.74) is 3.64. The Morgan fingerprint density at radius 2 is 1.77 bits per heavy atom. The molecule has 1 N–H and O–H groups in total. The quantitative estimate of drug-likeness (QED) is 0.695. The van der Waals surface area contributed by atoms with E-state index in [1.807, 2.05) is 48.5 Å². The van der Waals surface area contributed by atoms with Crippen molar-refractivity contribution in [3.8, 4) is 16.9 Å². The fourth-order valence-electron chi connectivity index (χ4n) is 4.01. The van der Waals surface area contributed by atoms with E-state index >= 15 is 0 Å². The van der Waals surface area contributed by atoms with Crippen molar-refractivity contribution in [1.82, 2.24) is 15.2 Å². The summed E-state index contributed by atoms with van der Waals surface area (Å²) in [6, 6.07) is 19.3. The number of rotatable bonds is 5.